The smallest absolute Gasteiger partial charge is 0.0237 e. The van der Waals surface area contributed by atoms with Crippen molar-refractivity contribution in [1.82, 2.24) is 4.90 Å². The van der Waals surface area contributed by atoms with Gasteiger partial charge in [0.2, 0.25) is 0 Å². The van der Waals surface area contributed by atoms with Crippen molar-refractivity contribution in [3.8, 4) is 0 Å². The molecule has 0 amide bonds. The summed E-state index contributed by atoms with van der Waals surface area (Å²) in [5, 5.41) is 1.10. The van der Waals surface area contributed by atoms with Gasteiger partial charge in [0.25, 0.3) is 0 Å². The molecule has 0 radical (unpaired) electrons. The average molecular weight is 347 g/mol. The van der Waals surface area contributed by atoms with E-state index in [9.17, 15) is 0 Å². The molecule has 0 N–H and O–H groups in total. The van der Waals surface area contributed by atoms with Crippen molar-refractivity contribution in [3.63, 3.8) is 0 Å². The molecule has 1 unspecified atom stereocenters. The second-order valence-electron chi connectivity index (χ2n) is 4.40. The molecule has 0 saturated carbocycles. The molecule has 0 aromatic heterocycles. The molecule has 1 aliphatic heterocycles. The van der Waals surface area contributed by atoms with Gasteiger partial charge in [0.1, 0.15) is 0 Å². The summed E-state index contributed by atoms with van der Waals surface area (Å²) in [4.78, 5) is 2.60. The van der Waals surface area contributed by atoms with Crippen molar-refractivity contribution in [1.29, 1.82) is 0 Å². The van der Waals surface area contributed by atoms with Gasteiger partial charge in [-0.15, -0.1) is 0 Å². The van der Waals surface area contributed by atoms with Crippen LogP contribution in [0.4, 0.5) is 0 Å². The van der Waals surface area contributed by atoms with E-state index in [2.05, 4.69) is 61.0 Å². The van der Waals surface area contributed by atoms with E-state index in [1.807, 2.05) is 0 Å². The van der Waals surface area contributed by atoms with E-state index in [4.69, 9.17) is 0 Å². The normalized spacial score (nSPS) is 22.2. The van der Waals surface area contributed by atoms with Gasteiger partial charge < -0.3 is 0 Å². The second kappa shape index (κ2) is 6.18. The lowest BCUT2D eigenvalue weighted by Crippen LogP contribution is -2.39. The highest BCUT2D eigenvalue weighted by atomic mass is 79.9. The van der Waals surface area contributed by atoms with Crippen molar-refractivity contribution in [3.05, 3.63) is 34.3 Å². The number of hydrogen-bond donors (Lipinski definition) is 0. The molecule has 0 spiro atoms. The van der Waals surface area contributed by atoms with Crippen LogP contribution < -0.4 is 0 Å². The number of alkyl halides is 1. The Kier molecular flexibility index (Phi) is 4.86. The standard InChI is InChI=1S/C13H17Br2N/c14-9-13-6-1-2-7-16(13)10-11-4-3-5-12(15)8-11/h3-5,8,13H,1-2,6-7,9-10H2. The van der Waals surface area contributed by atoms with E-state index in [1.165, 1.54) is 35.8 Å². The van der Waals surface area contributed by atoms with Crippen LogP contribution in [0.2, 0.25) is 0 Å². The fourth-order valence-electron chi connectivity index (χ4n) is 2.31. The van der Waals surface area contributed by atoms with Gasteiger partial charge in [-0.1, -0.05) is 50.4 Å². The van der Waals surface area contributed by atoms with Crippen LogP contribution in [0.25, 0.3) is 0 Å². The Labute approximate surface area is 114 Å². The number of halogens is 2. The van der Waals surface area contributed by atoms with Crippen LogP contribution in [0.3, 0.4) is 0 Å². The van der Waals surface area contributed by atoms with Crippen LogP contribution in [0, 0.1) is 0 Å². The molecule has 1 saturated heterocycles. The van der Waals surface area contributed by atoms with Gasteiger partial charge in [0.05, 0.1) is 0 Å². The van der Waals surface area contributed by atoms with Crippen LogP contribution in [0.5, 0.6) is 0 Å². The molecular weight excluding hydrogens is 330 g/mol. The summed E-state index contributed by atoms with van der Waals surface area (Å²) in [6.07, 6.45) is 4.06. The van der Waals surface area contributed by atoms with Crippen LogP contribution in [-0.2, 0) is 6.54 Å². The summed E-state index contributed by atoms with van der Waals surface area (Å²) in [5.41, 5.74) is 1.40. The summed E-state index contributed by atoms with van der Waals surface area (Å²) in [7, 11) is 0. The number of benzene rings is 1. The molecule has 3 heteroatoms. The molecule has 1 nitrogen and oxygen atoms in total. The molecule has 16 heavy (non-hydrogen) atoms. The van der Waals surface area contributed by atoms with E-state index in [0.29, 0.717) is 6.04 Å². The molecule has 88 valence electrons. The zero-order valence-corrected chi connectivity index (χ0v) is 12.5. The van der Waals surface area contributed by atoms with E-state index in [-0.39, 0.29) is 0 Å². The van der Waals surface area contributed by atoms with Gasteiger partial charge in [0, 0.05) is 22.4 Å². The third-order valence-corrected chi connectivity index (χ3v) is 4.44. The topological polar surface area (TPSA) is 3.24 Å². The maximum absolute atomic E-state index is 3.63. The fraction of sp³-hybridized carbons (Fsp3) is 0.538. The maximum atomic E-state index is 3.63. The fourth-order valence-corrected chi connectivity index (χ4v) is 3.49. The minimum Gasteiger partial charge on any atom is -0.295 e. The first kappa shape index (κ1) is 12.6. The number of nitrogens with zero attached hydrogens (tertiary/aromatic N) is 1. The zero-order valence-electron chi connectivity index (χ0n) is 9.33. The van der Waals surface area contributed by atoms with Crippen LogP contribution in [-0.4, -0.2) is 22.8 Å². The number of likely N-dealkylation sites (tertiary alicyclic amines) is 1. The summed E-state index contributed by atoms with van der Waals surface area (Å²) >= 11 is 7.16. The SMILES string of the molecule is BrCC1CCCCN1Cc1cccc(Br)c1. The van der Waals surface area contributed by atoms with Crippen LogP contribution in [0.15, 0.2) is 28.7 Å². The zero-order chi connectivity index (χ0) is 11.4. The predicted octanol–water partition coefficient (Wildman–Crippen LogP) is 4.20. The Morgan fingerprint density at radius 3 is 2.94 bits per heavy atom. The summed E-state index contributed by atoms with van der Waals surface area (Å²) in [5.74, 6) is 0. The molecule has 0 bridgehead atoms. The summed E-state index contributed by atoms with van der Waals surface area (Å²) in [6, 6.07) is 9.35. The molecule has 0 aliphatic carbocycles. The molecule has 1 aromatic rings. The van der Waals surface area contributed by atoms with Gasteiger partial charge in [-0.3, -0.25) is 4.90 Å². The number of piperidine rings is 1. The van der Waals surface area contributed by atoms with Gasteiger partial charge in [-0.2, -0.15) is 0 Å². The first-order chi connectivity index (χ1) is 7.79. The first-order valence-corrected chi connectivity index (χ1v) is 7.75. The van der Waals surface area contributed by atoms with Gasteiger partial charge in [-0.05, 0) is 37.1 Å². The van der Waals surface area contributed by atoms with Crippen molar-refractivity contribution in [2.45, 2.75) is 31.8 Å². The minimum atomic E-state index is 0.715. The largest absolute Gasteiger partial charge is 0.295 e. The van der Waals surface area contributed by atoms with E-state index in [1.54, 1.807) is 0 Å². The number of rotatable bonds is 3. The third kappa shape index (κ3) is 3.31. The first-order valence-electron chi connectivity index (χ1n) is 5.84. The molecule has 1 aliphatic rings. The van der Waals surface area contributed by atoms with E-state index in [0.717, 1.165) is 11.9 Å². The highest BCUT2D eigenvalue weighted by Gasteiger charge is 2.21. The molecule has 1 aromatic carbocycles. The van der Waals surface area contributed by atoms with Gasteiger partial charge >= 0.3 is 0 Å². The van der Waals surface area contributed by atoms with Gasteiger partial charge in [-0.25, -0.2) is 0 Å². The Hall–Kier alpha value is 0.140. The highest BCUT2D eigenvalue weighted by Crippen LogP contribution is 2.22. The van der Waals surface area contributed by atoms with Crippen molar-refractivity contribution >= 4 is 31.9 Å². The Morgan fingerprint density at radius 2 is 2.19 bits per heavy atom. The van der Waals surface area contributed by atoms with Crippen molar-refractivity contribution < 1.29 is 0 Å². The lowest BCUT2D eigenvalue weighted by atomic mass is 10.0. The highest BCUT2D eigenvalue weighted by molar-refractivity contribution is 9.10. The Bertz CT molecular complexity index is 340. The minimum absolute atomic E-state index is 0.715. The Balaban J connectivity index is 2.02. The predicted molar refractivity (Wildman–Crippen MR) is 76.0 cm³/mol. The summed E-state index contributed by atoms with van der Waals surface area (Å²) < 4.78 is 1.18. The van der Waals surface area contributed by atoms with Crippen molar-refractivity contribution in [2.75, 3.05) is 11.9 Å². The van der Waals surface area contributed by atoms with E-state index >= 15 is 0 Å². The Morgan fingerprint density at radius 1 is 1.31 bits per heavy atom. The quantitative estimate of drug-likeness (QED) is 0.741. The summed E-state index contributed by atoms with van der Waals surface area (Å²) in [6.45, 7) is 2.32. The van der Waals surface area contributed by atoms with Crippen LogP contribution >= 0.6 is 31.9 Å². The average Bonchev–Trinajstić information content (AvgIpc) is 2.30. The van der Waals surface area contributed by atoms with Crippen LogP contribution in [0.1, 0.15) is 24.8 Å². The molecule has 1 heterocycles. The van der Waals surface area contributed by atoms with Gasteiger partial charge in [0.15, 0.2) is 0 Å². The van der Waals surface area contributed by atoms with Crippen molar-refractivity contribution in [2.24, 2.45) is 0 Å². The molecule has 1 atom stereocenters. The second-order valence-corrected chi connectivity index (χ2v) is 5.97. The maximum Gasteiger partial charge on any atom is 0.0237 e. The lowest BCUT2D eigenvalue weighted by Gasteiger charge is -2.34. The van der Waals surface area contributed by atoms with E-state index < -0.39 is 0 Å². The molecule has 1 fully saturated rings. The number of hydrogen-bond acceptors (Lipinski definition) is 1. The lowest BCUT2D eigenvalue weighted by molar-refractivity contribution is 0.156. The third-order valence-electron chi connectivity index (χ3n) is 3.20. The molecular formula is C13H17Br2N. The monoisotopic (exact) mass is 345 g/mol. The molecule has 2 rings (SSSR count).